The van der Waals surface area contributed by atoms with Gasteiger partial charge in [-0.25, -0.2) is 4.68 Å². The fourth-order valence-corrected chi connectivity index (χ4v) is 5.06. The Kier molecular flexibility index (Phi) is 7.01. The molecule has 4 aromatic carbocycles. The zero-order chi connectivity index (χ0) is 27.3. The fourth-order valence-electron chi connectivity index (χ4n) is 5.06. The number of pyridine rings is 1. The molecule has 5 heteroatoms. The van der Waals surface area contributed by atoms with Crippen LogP contribution in [0.15, 0.2) is 140 Å². The first-order valence-electron chi connectivity index (χ1n) is 13.3. The third-order valence-corrected chi connectivity index (χ3v) is 7.01. The molecule has 2 aromatic heterocycles. The van der Waals surface area contributed by atoms with Crippen molar-refractivity contribution in [3.63, 3.8) is 0 Å². The van der Waals surface area contributed by atoms with E-state index in [4.69, 9.17) is 5.10 Å². The van der Waals surface area contributed by atoms with Crippen LogP contribution in [0.4, 0.5) is 0 Å². The number of aryl methyl sites for hydroxylation is 1. The lowest BCUT2D eigenvalue weighted by Gasteiger charge is -2.22. The summed E-state index contributed by atoms with van der Waals surface area (Å²) in [6, 6.07) is 41.5. The van der Waals surface area contributed by atoms with Gasteiger partial charge in [0.25, 0.3) is 5.91 Å². The molecule has 0 spiro atoms. The van der Waals surface area contributed by atoms with Crippen molar-refractivity contribution in [1.82, 2.24) is 20.1 Å². The summed E-state index contributed by atoms with van der Waals surface area (Å²) in [5.74, 6) is -0.148. The molecule has 0 bridgehead atoms. The molecule has 0 saturated carbocycles. The highest BCUT2D eigenvalue weighted by atomic mass is 16.1. The van der Waals surface area contributed by atoms with Gasteiger partial charge in [0, 0.05) is 34.6 Å². The summed E-state index contributed by atoms with van der Waals surface area (Å²) < 4.78 is 1.99. The van der Waals surface area contributed by atoms with Crippen LogP contribution in [-0.2, 0) is 0 Å². The molecule has 0 aliphatic heterocycles. The minimum absolute atomic E-state index is 0.148. The third-order valence-electron chi connectivity index (χ3n) is 7.01. The van der Waals surface area contributed by atoms with Crippen LogP contribution in [0.5, 0.6) is 0 Å². The van der Waals surface area contributed by atoms with Gasteiger partial charge in [0.2, 0.25) is 0 Å². The Bertz CT molecular complexity index is 1730. The molecule has 0 aliphatic rings. The first kappa shape index (κ1) is 25.0. The predicted molar refractivity (Wildman–Crippen MR) is 159 cm³/mol. The van der Waals surface area contributed by atoms with Crippen molar-refractivity contribution in [2.24, 2.45) is 0 Å². The van der Waals surface area contributed by atoms with E-state index in [-0.39, 0.29) is 5.91 Å². The molecule has 1 amide bonds. The Morgan fingerprint density at radius 2 is 1.27 bits per heavy atom. The number of aromatic nitrogens is 3. The predicted octanol–water partition coefficient (Wildman–Crippen LogP) is 7.43. The molecule has 194 valence electrons. The number of amides is 1. The largest absolute Gasteiger partial charge is 0.341 e. The Labute approximate surface area is 233 Å². The number of benzene rings is 4. The molecule has 2 heterocycles. The van der Waals surface area contributed by atoms with Crippen LogP contribution in [0.1, 0.15) is 33.1 Å². The highest BCUT2D eigenvalue weighted by molar-refractivity contribution is 5.96. The summed E-state index contributed by atoms with van der Waals surface area (Å²) >= 11 is 0. The van der Waals surface area contributed by atoms with Crippen LogP contribution in [0.2, 0.25) is 0 Å². The number of hydrogen-bond acceptors (Lipinski definition) is 3. The van der Waals surface area contributed by atoms with Crippen LogP contribution in [0.3, 0.4) is 0 Å². The van der Waals surface area contributed by atoms with Crippen LogP contribution in [0, 0.1) is 6.92 Å². The first-order valence-corrected chi connectivity index (χ1v) is 13.3. The van der Waals surface area contributed by atoms with Crippen LogP contribution in [-0.4, -0.2) is 20.7 Å². The van der Waals surface area contributed by atoms with Gasteiger partial charge in [-0.2, -0.15) is 5.10 Å². The number of rotatable bonds is 7. The summed E-state index contributed by atoms with van der Waals surface area (Å²) in [4.78, 5) is 18.1. The smallest absolute Gasteiger partial charge is 0.252 e. The molecule has 0 aliphatic carbocycles. The second kappa shape index (κ2) is 11.2. The summed E-state index contributed by atoms with van der Waals surface area (Å²) in [5, 5.41) is 8.59. The zero-order valence-electron chi connectivity index (χ0n) is 22.1. The number of para-hydroxylation sites is 1. The fraction of sp³-hybridized carbons (Fsp3) is 0.0571. The number of hydrogen-bond donors (Lipinski definition) is 1. The zero-order valence-corrected chi connectivity index (χ0v) is 22.1. The standard InChI is InChI=1S/C35H28N4O/c1-25-13-11-12-20-30(25)35(40)37-32(27-21-23-36-24-22-27)31-33(26-14-5-2-6-15-26)38-39(29-18-9-4-10-19-29)34(31)28-16-7-3-8-17-28/h2-24,32H,1H3,(H,37,40). The molecule has 0 radical (unpaired) electrons. The van der Waals surface area contributed by atoms with Gasteiger partial charge in [-0.1, -0.05) is 97.1 Å². The Balaban J connectivity index is 1.65. The molecule has 1 atom stereocenters. The van der Waals surface area contributed by atoms with E-state index >= 15 is 0 Å². The van der Waals surface area contributed by atoms with Gasteiger partial charge in [0.1, 0.15) is 0 Å². The van der Waals surface area contributed by atoms with Crippen molar-refractivity contribution < 1.29 is 4.79 Å². The third kappa shape index (κ3) is 4.93. The van der Waals surface area contributed by atoms with E-state index in [2.05, 4.69) is 34.6 Å². The van der Waals surface area contributed by atoms with Gasteiger partial charge in [-0.05, 0) is 48.4 Å². The lowest BCUT2D eigenvalue weighted by atomic mass is 9.91. The molecule has 0 fully saturated rings. The van der Waals surface area contributed by atoms with Gasteiger partial charge >= 0.3 is 0 Å². The van der Waals surface area contributed by atoms with Gasteiger partial charge in [-0.15, -0.1) is 0 Å². The molecule has 0 saturated heterocycles. The maximum atomic E-state index is 13.8. The lowest BCUT2D eigenvalue weighted by molar-refractivity contribution is 0.0942. The topological polar surface area (TPSA) is 59.8 Å². The van der Waals surface area contributed by atoms with Crippen LogP contribution < -0.4 is 5.32 Å². The highest BCUT2D eigenvalue weighted by Gasteiger charge is 2.30. The van der Waals surface area contributed by atoms with Gasteiger partial charge in [-0.3, -0.25) is 9.78 Å². The Morgan fingerprint density at radius 1 is 0.700 bits per heavy atom. The van der Waals surface area contributed by atoms with E-state index in [0.29, 0.717) is 5.56 Å². The van der Waals surface area contributed by atoms with E-state index in [0.717, 1.165) is 44.9 Å². The van der Waals surface area contributed by atoms with Crippen LogP contribution in [0.25, 0.3) is 28.2 Å². The normalized spacial score (nSPS) is 11.6. The van der Waals surface area contributed by atoms with E-state index in [1.54, 1.807) is 12.4 Å². The average Bonchev–Trinajstić information content (AvgIpc) is 3.42. The number of nitrogens with zero attached hydrogens (tertiary/aromatic N) is 3. The van der Waals surface area contributed by atoms with Crippen molar-refractivity contribution in [1.29, 1.82) is 0 Å². The molecular weight excluding hydrogens is 492 g/mol. The van der Waals surface area contributed by atoms with E-state index in [1.165, 1.54) is 0 Å². The van der Waals surface area contributed by atoms with Gasteiger partial charge < -0.3 is 5.32 Å². The Hall–Kier alpha value is -5.29. The van der Waals surface area contributed by atoms with E-state index in [9.17, 15) is 4.79 Å². The maximum Gasteiger partial charge on any atom is 0.252 e. The molecule has 1 unspecified atom stereocenters. The number of carbonyl (C=O) groups is 1. The number of carbonyl (C=O) groups excluding carboxylic acids is 1. The molecule has 40 heavy (non-hydrogen) atoms. The van der Waals surface area contributed by atoms with Crippen molar-refractivity contribution in [3.8, 4) is 28.2 Å². The first-order chi connectivity index (χ1) is 19.7. The number of nitrogens with one attached hydrogen (secondary N) is 1. The molecule has 6 aromatic rings. The van der Waals surface area contributed by atoms with Crippen molar-refractivity contribution in [2.75, 3.05) is 0 Å². The average molecular weight is 521 g/mol. The summed E-state index contributed by atoms with van der Waals surface area (Å²) in [5.41, 5.74) is 8.00. The molecule has 5 nitrogen and oxygen atoms in total. The summed E-state index contributed by atoms with van der Waals surface area (Å²) in [6.07, 6.45) is 3.52. The molecular formula is C35H28N4O. The molecule has 6 rings (SSSR count). The maximum absolute atomic E-state index is 13.8. The second-order valence-electron chi connectivity index (χ2n) is 9.59. The minimum atomic E-state index is -0.502. The van der Waals surface area contributed by atoms with Gasteiger partial charge in [0.05, 0.1) is 23.1 Å². The van der Waals surface area contributed by atoms with Gasteiger partial charge in [0.15, 0.2) is 0 Å². The van der Waals surface area contributed by atoms with E-state index in [1.807, 2.05) is 115 Å². The Morgan fingerprint density at radius 3 is 1.93 bits per heavy atom. The summed E-state index contributed by atoms with van der Waals surface area (Å²) in [6.45, 7) is 1.95. The monoisotopic (exact) mass is 520 g/mol. The quantitative estimate of drug-likeness (QED) is 0.238. The van der Waals surface area contributed by atoms with Crippen LogP contribution >= 0.6 is 0 Å². The molecule has 1 N–H and O–H groups in total. The SMILES string of the molecule is Cc1ccccc1C(=O)NC(c1ccncc1)c1c(-c2ccccc2)nn(-c2ccccc2)c1-c1ccccc1. The second-order valence-corrected chi connectivity index (χ2v) is 9.59. The highest BCUT2D eigenvalue weighted by Crippen LogP contribution is 2.40. The lowest BCUT2D eigenvalue weighted by Crippen LogP contribution is -2.30. The summed E-state index contributed by atoms with van der Waals surface area (Å²) in [7, 11) is 0. The minimum Gasteiger partial charge on any atom is -0.341 e. The van der Waals surface area contributed by atoms with Crippen molar-refractivity contribution in [3.05, 3.63) is 162 Å². The van der Waals surface area contributed by atoms with Crippen molar-refractivity contribution in [2.45, 2.75) is 13.0 Å². The van der Waals surface area contributed by atoms with E-state index < -0.39 is 6.04 Å². The van der Waals surface area contributed by atoms with Crippen molar-refractivity contribution >= 4 is 5.91 Å².